The fraction of sp³-hybridized carbons (Fsp3) is 0. The molecule has 260 valence electrons. The van der Waals surface area contributed by atoms with E-state index in [-0.39, 0.29) is 0 Å². The van der Waals surface area contributed by atoms with E-state index in [9.17, 15) is 0 Å². The minimum absolute atomic E-state index is 0.949. The lowest BCUT2D eigenvalue weighted by Crippen LogP contribution is -2.52. The van der Waals surface area contributed by atoms with Crippen LogP contribution in [-0.4, -0.2) is 18.8 Å². The van der Waals surface area contributed by atoms with Gasteiger partial charge < -0.3 is 0 Å². The summed E-state index contributed by atoms with van der Waals surface area (Å²) in [6.07, 6.45) is 0. The molecule has 55 heavy (non-hydrogen) atoms. The molecule has 2 heterocycles. The largest absolute Gasteiger partial charge is 0.248 e. The normalized spacial score (nSPS) is 11.1. The van der Waals surface area contributed by atoms with E-state index in [1.54, 1.807) is 0 Å². The maximum absolute atomic E-state index is 5.22. The fourth-order valence-corrected chi connectivity index (χ4v) is 10.5. The van der Waals surface area contributed by atoms with E-state index in [1.807, 2.05) is 0 Å². The Kier molecular flexibility index (Phi) is 9.59. The molecule has 2 nitrogen and oxygen atoms in total. The summed E-state index contributed by atoms with van der Waals surface area (Å²) in [4.78, 5) is 10.4. The highest BCUT2D eigenvalue weighted by atomic mass is 28.3. The van der Waals surface area contributed by atoms with Crippen LogP contribution in [0.2, 0.25) is 0 Å². The van der Waals surface area contributed by atoms with E-state index < -0.39 is 8.80 Å². The van der Waals surface area contributed by atoms with Crippen LogP contribution in [0.4, 0.5) is 0 Å². The van der Waals surface area contributed by atoms with Gasteiger partial charge in [0.05, 0.1) is 22.8 Å². The molecular weight excluding hydrogens is 681 g/mol. The Bertz CT molecular complexity index is 2370. The number of hydrogen-bond donors (Lipinski definition) is 0. The van der Waals surface area contributed by atoms with Crippen LogP contribution in [0.25, 0.3) is 67.3 Å². The first kappa shape index (κ1) is 33.9. The molecule has 0 aliphatic rings. The Balaban J connectivity index is 1.32. The minimum atomic E-state index is -1.93. The van der Waals surface area contributed by atoms with Gasteiger partial charge in [0.25, 0.3) is 0 Å². The predicted octanol–water partition coefficient (Wildman–Crippen LogP) is 10.7. The van der Waals surface area contributed by atoms with Crippen LogP contribution in [-0.2, 0) is 0 Å². The summed E-state index contributed by atoms with van der Waals surface area (Å²) in [5.74, 6) is 0. The Hall–Kier alpha value is -6.94. The second kappa shape index (κ2) is 15.6. The maximum Gasteiger partial charge on any atom is 0.133 e. The predicted molar refractivity (Wildman–Crippen MR) is 234 cm³/mol. The van der Waals surface area contributed by atoms with Crippen molar-refractivity contribution >= 4 is 24.4 Å². The number of benzene rings is 7. The van der Waals surface area contributed by atoms with Crippen molar-refractivity contribution in [2.75, 3.05) is 0 Å². The molecule has 0 aliphatic heterocycles. The molecule has 0 radical (unpaired) electrons. The average molecular weight is 719 g/mol. The van der Waals surface area contributed by atoms with Crippen LogP contribution < -0.4 is 15.6 Å². The van der Waals surface area contributed by atoms with Crippen LogP contribution in [0.1, 0.15) is 0 Å². The summed E-state index contributed by atoms with van der Waals surface area (Å²) in [6, 6.07) is 80.4. The molecule has 9 aromatic rings. The topological polar surface area (TPSA) is 25.8 Å². The van der Waals surface area contributed by atoms with Gasteiger partial charge in [-0.05, 0) is 52.6 Å². The summed E-state index contributed by atoms with van der Waals surface area (Å²) in [6.45, 7) is 0. The Morgan fingerprint density at radius 3 is 0.764 bits per heavy atom. The van der Waals surface area contributed by atoms with Crippen molar-refractivity contribution in [3.63, 3.8) is 0 Å². The third-order valence-electron chi connectivity index (χ3n) is 10.2. The van der Waals surface area contributed by atoms with Crippen molar-refractivity contribution in [3.05, 3.63) is 224 Å². The summed E-state index contributed by atoms with van der Waals surface area (Å²) in [7, 11) is -1.93. The van der Waals surface area contributed by atoms with Gasteiger partial charge >= 0.3 is 0 Å². The van der Waals surface area contributed by atoms with Gasteiger partial charge in [0.1, 0.15) is 8.80 Å². The smallest absolute Gasteiger partial charge is 0.133 e. The van der Waals surface area contributed by atoms with Crippen molar-refractivity contribution in [1.29, 1.82) is 0 Å². The van der Waals surface area contributed by atoms with Crippen molar-refractivity contribution < 1.29 is 0 Å². The van der Waals surface area contributed by atoms with Crippen molar-refractivity contribution in [2.45, 2.75) is 0 Å². The third kappa shape index (κ3) is 7.47. The highest BCUT2D eigenvalue weighted by molar-refractivity contribution is 6.95. The standard InChI is InChI=1S/C52H38N2Si/c1-7-19-38(20-8-1)49-34-44(35-50(53-49)39-21-9-2-10-22-39)42-31-43(33-48(32-42)55(46-27-15-5-16-28-46)47-29-17-6-18-30-47)45-36-51(40-23-11-3-12-24-40)54-52(37-45)41-25-13-4-14-26-41/h1-37,55H. The fourth-order valence-electron chi connectivity index (χ4n) is 7.44. The zero-order valence-electron chi connectivity index (χ0n) is 30.3. The molecule has 7 aromatic carbocycles. The van der Waals surface area contributed by atoms with Crippen LogP contribution in [0.3, 0.4) is 0 Å². The molecule has 0 unspecified atom stereocenters. The zero-order chi connectivity index (χ0) is 36.8. The molecule has 0 saturated heterocycles. The SMILES string of the molecule is c1ccc(-c2cc(-c3cc(-c4cc(-c5ccccc5)nc(-c5ccccc5)c4)cc([SiH](c4ccccc4)c4ccccc4)c3)cc(-c3ccccc3)n2)cc1. The molecule has 9 rings (SSSR count). The van der Waals surface area contributed by atoms with E-state index in [4.69, 9.17) is 9.97 Å². The maximum atomic E-state index is 5.22. The molecule has 0 atom stereocenters. The van der Waals surface area contributed by atoms with Gasteiger partial charge in [-0.2, -0.15) is 0 Å². The highest BCUT2D eigenvalue weighted by Crippen LogP contribution is 2.35. The molecular formula is C52H38N2Si. The van der Waals surface area contributed by atoms with Gasteiger partial charge in [-0.15, -0.1) is 0 Å². The first-order chi connectivity index (χ1) is 27.2. The summed E-state index contributed by atoms with van der Waals surface area (Å²) in [5.41, 5.74) is 12.7. The lowest BCUT2D eigenvalue weighted by atomic mass is 9.95. The number of nitrogens with zero attached hydrogens (tertiary/aromatic N) is 2. The van der Waals surface area contributed by atoms with Gasteiger partial charge in [0, 0.05) is 22.3 Å². The van der Waals surface area contributed by atoms with E-state index >= 15 is 0 Å². The monoisotopic (exact) mass is 718 g/mol. The summed E-state index contributed by atoms with van der Waals surface area (Å²) in [5, 5.41) is 4.11. The van der Waals surface area contributed by atoms with Gasteiger partial charge in [-0.1, -0.05) is 210 Å². The number of rotatable bonds is 9. The summed E-state index contributed by atoms with van der Waals surface area (Å²) < 4.78 is 0. The Morgan fingerprint density at radius 2 is 0.473 bits per heavy atom. The van der Waals surface area contributed by atoms with Gasteiger partial charge in [0.15, 0.2) is 0 Å². The molecule has 0 bridgehead atoms. The molecule has 0 saturated carbocycles. The minimum Gasteiger partial charge on any atom is -0.248 e. The third-order valence-corrected chi connectivity index (χ3v) is 13.3. The van der Waals surface area contributed by atoms with Crippen molar-refractivity contribution in [3.8, 4) is 67.3 Å². The Morgan fingerprint density at radius 1 is 0.218 bits per heavy atom. The lowest BCUT2D eigenvalue weighted by Gasteiger charge is -2.21. The zero-order valence-corrected chi connectivity index (χ0v) is 31.5. The van der Waals surface area contributed by atoms with Gasteiger partial charge in [-0.25, -0.2) is 9.97 Å². The molecule has 0 spiro atoms. The van der Waals surface area contributed by atoms with Crippen LogP contribution in [0, 0.1) is 0 Å². The number of hydrogen-bond acceptors (Lipinski definition) is 2. The van der Waals surface area contributed by atoms with Crippen molar-refractivity contribution in [2.24, 2.45) is 0 Å². The number of pyridine rings is 2. The lowest BCUT2D eigenvalue weighted by molar-refractivity contribution is 1.32. The second-order valence-corrected chi connectivity index (χ2v) is 16.7. The summed E-state index contributed by atoms with van der Waals surface area (Å²) >= 11 is 0. The molecule has 3 heteroatoms. The molecule has 2 aromatic heterocycles. The van der Waals surface area contributed by atoms with Crippen LogP contribution >= 0.6 is 0 Å². The second-order valence-electron chi connectivity index (χ2n) is 13.8. The average Bonchev–Trinajstić information content (AvgIpc) is 3.28. The molecule has 0 N–H and O–H groups in total. The van der Waals surface area contributed by atoms with E-state index in [1.165, 1.54) is 15.6 Å². The van der Waals surface area contributed by atoms with Gasteiger partial charge in [0.2, 0.25) is 0 Å². The van der Waals surface area contributed by atoms with Crippen molar-refractivity contribution in [1.82, 2.24) is 9.97 Å². The molecule has 0 amide bonds. The Labute approximate surface area is 324 Å². The first-order valence-corrected chi connectivity index (χ1v) is 20.5. The van der Waals surface area contributed by atoms with E-state index in [0.717, 1.165) is 67.3 Å². The molecule has 0 fully saturated rings. The highest BCUT2D eigenvalue weighted by Gasteiger charge is 2.22. The first-order valence-electron chi connectivity index (χ1n) is 18.8. The van der Waals surface area contributed by atoms with Crippen LogP contribution in [0.15, 0.2) is 224 Å². The number of aromatic nitrogens is 2. The van der Waals surface area contributed by atoms with E-state index in [0.29, 0.717) is 0 Å². The van der Waals surface area contributed by atoms with Gasteiger partial charge in [-0.3, -0.25) is 0 Å². The van der Waals surface area contributed by atoms with Crippen LogP contribution in [0.5, 0.6) is 0 Å². The molecule has 0 aliphatic carbocycles. The quantitative estimate of drug-likeness (QED) is 0.110. The van der Waals surface area contributed by atoms with E-state index in [2.05, 4.69) is 224 Å².